The van der Waals surface area contributed by atoms with Gasteiger partial charge >= 0.3 is 0 Å². The summed E-state index contributed by atoms with van der Waals surface area (Å²) < 4.78 is 10.7. The Morgan fingerprint density at radius 3 is 2.38 bits per heavy atom. The Labute approximate surface area is 97.8 Å². The lowest BCUT2D eigenvalue weighted by molar-refractivity contribution is -0.698. The lowest BCUT2D eigenvalue weighted by Gasteiger charge is -2.14. The lowest BCUT2D eigenvalue weighted by atomic mass is 10.1. The molecule has 0 aliphatic heterocycles. The van der Waals surface area contributed by atoms with Crippen molar-refractivity contribution in [3.05, 3.63) is 23.3 Å². The molecule has 16 heavy (non-hydrogen) atoms. The molecular weight excluding hydrogens is 202 g/mol. The van der Waals surface area contributed by atoms with Crippen molar-refractivity contribution in [2.45, 2.75) is 33.4 Å². The SMILES string of the molecule is COc1ccc(C[NH2+]C(C)C)c(OC)c1C. The van der Waals surface area contributed by atoms with Gasteiger partial charge in [0, 0.05) is 11.1 Å². The number of methoxy groups -OCH3 is 2. The molecule has 0 spiro atoms. The minimum Gasteiger partial charge on any atom is -0.496 e. The topological polar surface area (TPSA) is 35.1 Å². The first kappa shape index (κ1) is 12.8. The molecule has 0 saturated carbocycles. The van der Waals surface area contributed by atoms with Gasteiger partial charge in [0.2, 0.25) is 0 Å². The molecule has 1 aromatic carbocycles. The normalized spacial score (nSPS) is 10.6. The van der Waals surface area contributed by atoms with Crippen LogP contribution in [0.4, 0.5) is 0 Å². The zero-order chi connectivity index (χ0) is 12.1. The summed E-state index contributed by atoms with van der Waals surface area (Å²) in [6, 6.07) is 4.66. The van der Waals surface area contributed by atoms with Crippen molar-refractivity contribution >= 4 is 0 Å². The molecule has 0 heterocycles. The minimum absolute atomic E-state index is 0.590. The zero-order valence-corrected chi connectivity index (χ0v) is 10.8. The van der Waals surface area contributed by atoms with Crippen LogP contribution in [-0.2, 0) is 6.54 Å². The van der Waals surface area contributed by atoms with Gasteiger partial charge in [0.15, 0.2) is 0 Å². The molecule has 0 unspecified atom stereocenters. The van der Waals surface area contributed by atoms with Gasteiger partial charge in [-0.1, -0.05) is 0 Å². The number of rotatable bonds is 5. The molecule has 0 amide bonds. The average molecular weight is 224 g/mol. The van der Waals surface area contributed by atoms with Gasteiger partial charge in [-0.05, 0) is 32.9 Å². The van der Waals surface area contributed by atoms with E-state index in [-0.39, 0.29) is 0 Å². The number of hydrogen-bond donors (Lipinski definition) is 1. The summed E-state index contributed by atoms with van der Waals surface area (Å²) in [5.41, 5.74) is 2.29. The molecule has 0 aliphatic rings. The Morgan fingerprint density at radius 2 is 1.88 bits per heavy atom. The number of nitrogens with two attached hydrogens (primary N) is 1. The highest BCUT2D eigenvalue weighted by Gasteiger charge is 2.12. The molecule has 0 aromatic heterocycles. The van der Waals surface area contributed by atoms with Crippen molar-refractivity contribution in [2.24, 2.45) is 0 Å². The van der Waals surface area contributed by atoms with E-state index < -0.39 is 0 Å². The first-order chi connectivity index (χ1) is 7.60. The average Bonchev–Trinajstić information content (AvgIpc) is 2.26. The summed E-state index contributed by atoms with van der Waals surface area (Å²) in [4.78, 5) is 0. The highest BCUT2D eigenvalue weighted by molar-refractivity contribution is 5.48. The van der Waals surface area contributed by atoms with Gasteiger partial charge in [0.05, 0.1) is 20.3 Å². The molecule has 0 fully saturated rings. The third kappa shape index (κ3) is 2.89. The predicted molar refractivity (Wildman–Crippen MR) is 65.0 cm³/mol. The minimum atomic E-state index is 0.590. The predicted octanol–water partition coefficient (Wildman–Crippen LogP) is 1.48. The van der Waals surface area contributed by atoms with Crippen molar-refractivity contribution in [2.75, 3.05) is 14.2 Å². The molecule has 0 radical (unpaired) electrons. The summed E-state index contributed by atoms with van der Waals surface area (Å²) in [5.74, 6) is 1.82. The Morgan fingerprint density at radius 1 is 1.19 bits per heavy atom. The molecule has 1 rings (SSSR count). The first-order valence-corrected chi connectivity index (χ1v) is 5.64. The van der Waals surface area contributed by atoms with Gasteiger partial charge in [0.25, 0.3) is 0 Å². The number of quaternary nitrogens is 1. The van der Waals surface area contributed by atoms with Gasteiger partial charge in [-0.2, -0.15) is 0 Å². The molecule has 3 heteroatoms. The maximum Gasteiger partial charge on any atom is 0.134 e. The molecule has 3 nitrogen and oxygen atoms in total. The second kappa shape index (κ2) is 5.75. The van der Waals surface area contributed by atoms with Crippen molar-refractivity contribution in [3.63, 3.8) is 0 Å². The molecule has 0 aliphatic carbocycles. The molecule has 90 valence electrons. The van der Waals surface area contributed by atoms with E-state index in [9.17, 15) is 0 Å². The van der Waals surface area contributed by atoms with Gasteiger partial charge in [-0.3, -0.25) is 0 Å². The van der Waals surface area contributed by atoms with E-state index in [4.69, 9.17) is 9.47 Å². The van der Waals surface area contributed by atoms with Crippen molar-refractivity contribution in [1.82, 2.24) is 0 Å². The summed E-state index contributed by atoms with van der Waals surface area (Å²) in [7, 11) is 3.39. The number of benzene rings is 1. The van der Waals surface area contributed by atoms with Crippen LogP contribution in [0.25, 0.3) is 0 Å². The van der Waals surface area contributed by atoms with Crippen LogP contribution in [0.15, 0.2) is 12.1 Å². The van der Waals surface area contributed by atoms with E-state index in [0.29, 0.717) is 6.04 Å². The highest BCUT2D eigenvalue weighted by Crippen LogP contribution is 2.30. The molecule has 0 atom stereocenters. The Balaban J connectivity index is 2.96. The quantitative estimate of drug-likeness (QED) is 0.822. The van der Waals surface area contributed by atoms with Gasteiger partial charge in [-0.15, -0.1) is 0 Å². The molecule has 1 aromatic rings. The maximum absolute atomic E-state index is 5.45. The van der Waals surface area contributed by atoms with Crippen LogP contribution >= 0.6 is 0 Å². The van der Waals surface area contributed by atoms with Crippen LogP contribution in [0.2, 0.25) is 0 Å². The first-order valence-electron chi connectivity index (χ1n) is 5.64. The zero-order valence-electron chi connectivity index (χ0n) is 10.8. The van der Waals surface area contributed by atoms with Crippen molar-refractivity contribution in [1.29, 1.82) is 0 Å². The third-order valence-corrected chi connectivity index (χ3v) is 2.67. The van der Waals surface area contributed by atoms with E-state index in [1.54, 1.807) is 14.2 Å². The van der Waals surface area contributed by atoms with Crippen LogP contribution in [-0.4, -0.2) is 20.3 Å². The van der Waals surface area contributed by atoms with Gasteiger partial charge in [-0.25, -0.2) is 0 Å². The van der Waals surface area contributed by atoms with Gasteiger partial charge in [0.1, 0.15) is 18.0 Å². The standard InChI is InChI=1S/C13H21NO2/c1-9(2)14-8-11-6-7-12(15-4)10(3)13(11)16-5/h6-7,9,14H,8H2,1-5H3/p+1. The van der Waals surface area contributed by atoms with E-state index in [0.717, 1.165) is 23.6 Å². The second-order valence-corrected chi connectivity index (χ2v) is 4.27. The summed E-state index contributed by atoms with van der Waals surface area (Å²) in [5, 5.41) is 2.28. The monoisotopic (exact) mass is 224 g/mol. The molecular formula is C13H22NO2+. The van der Waals surface area contributed by atoms with E-state index in [1.807, 2.05) is 13.0 Å². The van der Waals surface area contributed by atoms with Crippen molar-refractivity contribution in [3.8, 4) is 11.5 Å². The Hall–Kier alpha value is -1.22. The maximum atomic E-state index is 5.45. The van der Waals surface area contributed by atoms with E-state index >= 15 is 0 Å². The van der Waals surface area contributed by atoms with Crippen LogP contribution in [0.1, 0.15) is 25.0 Å². The fourth-order valence-corrected chi connectivity index (χ4v) is 1.76. The smallest absolute Gasteiger partial charge is 0.134 e. The van der Waals surface area contributed by atoms with Crippen LogP contribution in [0.5, 0.6) is 11.5 Å². The van der Waals surface area contributed by atoms with Gasteiger partial charge < -0.3 is 14.8 Å². The number of ether oxygens (including phenoxy) is 2. The number of hydrogen-bond acceptors (Lipinski definition) is 2. The van der Waals surface area contributed by atoms with Crippen LogP contribution in [0, 0.1) is 6.92 Å². The largest absolute Gasteiger partial charge is 0.496 e. The van der Waals surface area contributed by atoms with E-state index in [1.165, 1.54) is 5.56 Å². The lowest BCUT2D eigenvalue weighted by Crippen LogP contribution is -2.86. The Kier molecular flexibility index (Phi) is 4.62. The fourth-order valence-electron chi connectivity index (χ4n) is 1.76. The second-order valence-electron chi connectivity index (χ2n) is 4.27. The molecule has 0 saturated heterocycles. The summed E-state index contributed by atoms with van der Waals surface area (Å²) >= 11 is 0. The molecule has 2 N–H and O–H groups in total. The Bertz CT molecular complexity index is 348. The van der Waals surface area contributed by atoms with Crippen LogP contribution < -0.4 is 14.8 Å². The third-order valence-electron chi connectivity index (χ3n) is 2.67. The fraction of sp³-hybridized carbons (Fsp3) is 0.538. The van der Waals surface area contributed by atoms with Crippen molar-refractivity contribution < 1.29 is 14.8 Å². The van der Waals surface area contributed by atoms with E-state index in [2.05, 4.69) is 25.2 Å². The summed E-state index contributed by atoms with van der Waals surface area (Å²) in [6.45, 7) is 7.33. The molecule has 0 bridgehead atoms. The van der Waals surface area contributed by atoms with Crippen LogP contribution in [0.3, 0.4) is 0 Å². The summed E-state index contributed by atoms with van der Waals surface area (Å²) in [6.07, 6.45) is 0. The highest BCUT2D eigenvalue weighted by atomic mass is 16.5.